The van der Waals surface area contributed by atoms with Gasteiger partial charge in [0.25, 0.3) is 0 Å². The van der Waals surface area contributed by atoms with E-state index in [-0.39, 0.29) is 0 Å². The molecule has 2 heterocycles. The Morgan fingerprint density at radius 3 is 2.67 bits per heavy atom. The monoisotopic (exact) mass is 400 g/mol. The van der Waals surface area contributed by atoms with E-state index < -0.39 is 0 Å². The predicted octanol–water partition coefficient (Wildman–Crippen LogP) is 6.23. The summed E-state index contributed by atoms with van der Waals surface area (Å²) in [4.78, 5) is 1.15. The summed E-state index contributed by atoms with van der Waals surface area (Å²) in [6.45, 7) is 2.12. The van der Waals surface area contributed by atoms with Gasteiger partial charge in [-0.15, -0.1) is 11.3 Å². The summed E-state index contributed by atoms with van der Waals surface area (Å²) < 4.78 is 2.98. The van der Waals surface area contributed by atoms with E-state index in [4.69, 9.17) is 23.2 Å². The molecule has 0 aliphatic rings. The van der Waals surface area contributed by atoms with Crippen molar-refractivity contribution < 1.29 is 0 Å². The lowest BCUT2D eigenvalue weighted by Crippen LogP contribution is -2.00. The predicted molar refractivity (Wildman–Crippen MR) is 94.0 cm³/mol. The quantitative estimate of drug-likeness (QED) is 0.508. The molecule has 0 aliphatic heterocycles. The number of nitrogens with zero attached hydrogens (tertiary/aromatic N) is 2. The van der Waals surface area contributed by atoms with Crippen molar-refractivity contribution in [2.45, 2.75) is 13.3 Å². The molecule has 0 radical (unpaired) electrons. The zero-order chi connectivity index (χ0) is 15.0. The summed E-state index contributed by atoms with van der Waals surface area (Å²) >= 11 is 17.5. The first-order valence-corrected chi connectivity index (χ1v) is 8.74. The Balaban J connectivity index is 2.22. The van der Waals surface area contributed by atoms with E-state index in [0.29, 0.717) is 10.0 Å². The molecule has 0 spiro atoms. The van der Waals surface area contributed by atoms with Crippen LogP contribution in [-0.2, 0) is 6.42 Å². The van der Waals surface area contributed by atoms with Crippen LogP contribution < -0.4 is 0 Å². The summed E-state index contributed by atoms with van der Waals surface area (Å²) in [5, 5.41) is 5.72. The van der Waals surface area contributed by atoms with E-state index in [2.05, 4.69) is 34.0 Å². The second-order valence-electron chi connectivity index (χ2n) is 4.48. The van der Waals surface area contributed by atoms with E-state index in [1.54, 1.807) is 17.4 Å². The van der Waals surface area contributed by atoms with Gasteiger partial charge >= 0.3 is 0 Å². The number of rotatable bonds is 3. The van der Waals surface area contributed by atoms with Crippen molar-refractivity contribution in [1.29, 1.82) is 0 Å². The Morgan fingerprint density at radius 2 is 2.05 bits per heavy atom. The highest BCUT2D eigenvalue weighted by molar-refractivity contribution is 9.11. The molecule has 0 N–H and O–H groups in total. The number of aromatic nitrogens is 2. The van der Waals surface area contributed by atoms with Gasteiger partial charge in [-0.25, -0.2) is 4.68 Å². The average molecular weight is 402 g/mol. The Labute approximate surface area is 145 Å². The van der Waals surface area contributed by atoms with Crippen LogP contribution in [0.3, 0.4) is 0 Å². The summed E-state index contributed by atoms with van der Waals surface area (Å²) in [5.74, 6) is 0. The van der Waals surface area contributed by atoms with Gasteiger partial charge in [0.05, 0.1) is 31.3 Å². The summed E-state index contributed by atoms with van der Waals surface area (Å²) in [6, 6.07) is 9.58. The Kier molecular flexibility index (Phi) is 4.41. The van der Waals surface area contributed by atoms with Gasteiger partial charge in [0.15, 0.2) is 0 Å². The zero-order valence-corrected chi connectivity index (χ0v) is 15.0. The van der Waals surface area contributed by atoms with Gasteiger partial charge in [-0.2, -0.15) is 5.10 Å². The maximum Gasteiger partial charge on any atom is 0.0873 e. The Bertz CT molecular complexity index is 795. The summed E-state index contributed by atoms with van der Waals surface area (Å²) in [5.41, 5.74) is 3.10. The lowest BCUT2D eigenvalue weighted by molar-refractivity contribution is 0.889. The molecule has 0 unspecified atom stereocenters. The van der Waals surface area contributed by atoms with E-state index in [1.807, 2.05) is 29.1 Å². The maximum absolute atomic E-state index is 6.33. The fraction of sp³-hybridized carbons (Fsp3) is 0.133. The van der Waals surface area contributed by atoms with Gasteiger partial charge in [-0.1, -0.05) is 30.1 Å². The minimum Gasteiger partial charge on any atom is -0.230 e. The first-order chi connectivity index (χ1) is 10.1. The first kappa shape index (κ1) is 15.1. The van der Waals surface area contributed by atoms with Crippen molar-refractivity contribution in [3.8, 4) is 16.3 Å². The molecule has 2 aromatic heterocycles. The molecule has 3 rings (SSSR count). The average Bonchev–Trinajstić information content (AvgIpc) is 3.04. The van der Waals surface area contributed by atoms with Crippen LogP contribution in [0.1, 0.15) is 12.5 Å². The molecular formula is C15H11BrCl2N2S. The third-order valence-corrected chi connectivity index (χ3v) is 5.34. The van der Waals surface area contributed by atoms with Crippen molar-refractivity contribution in [3.05, 3.63) is 55.9 Å². The van der Waals surface area contributed by atoms with Gasteiger partial charge in [0.1, 0.15) is 0 Å². The smallest absolute Gasteiger partial charge is 0.0873 e. The number of hydrogen-bond donors (Lipinski definition) is 0. The van der Waals surface area contributed by atoms with Crippen molar-refractivity contribution >= 4 is 50.5 Å². The molecule has 21 heavy (non-hydrogen) atoms. The van der Waals surface area contributed by atoms with E-state index in [9.17, 15) is 0 Å². The third kappa shape index (κ3) is 2.90. The highest BCUT2D eigenvalue weighted by Gasteiger charge is 2.16. The molecule has 6 heteroatoms. The normalized spacial score (nSPS) is 11.0. The third-order valence-electron chi connectivity index (χ3n) is 3.17. The highest BCUT2D eigenvalue weighted by atomic mass is 79.9. The molecule has 0 saturated carbocycles. The number of thiophene rings is 1. The molecule has 0 fully saturated rings. The number of aryl methyl sites for hydroxylation is 1. The molecule has 0 saturated heterocycles. The van der Waals surface area contributed by atoms with E-state index in [1.165, 1.54) is 5.56 Å². The zero-order valence-electron chi connectivity index (χ0n) is 11.1. The van der Waals surface area contributed by atoms with Crippen LogP contribution in [0.5, 0.6) is 0 Å². The largest absolute Gasteiger partial charge is 0.230 e. The van der Waals surface area contributed by atoms with Crippen molar-refractivity contribution in [2.75, 3.05) is 0 Å². The summed E-state index contributed by atoms with van der Waals surface area (Å²) in [7, 11) is 0. The molecule has 0 atom stereocenters. The van der Waals surface area contributed by atoms with Crippen molar-refractivity contribution in [2.24, 2.45) is 0 Å². The van der Waals surface area contributed by atoms with Crippen LogP contribution >= 0.6 is 50.5 Å². The maximum atomic E-state index is 6.33. The number of halogens is 3. The minimum absolute atomic E-state index is 0.588. The van der Waals surface area contributed by atoms with Crippen LogP contribution in [0.15, 0.2) is 40.3 Å². The van der Waals surface area contributed by atoms with Crippen LogP contribution in [0, 0.1) is 0 Å². The molecule has 0 aliphatic carbocycles. The van der Waals surface area contributed by atoms with Gasteiger partial charge in [-0.05, 0) is 58.2 Å². The second-order valence-corrected chi connectivity index (χ2v) is 7.79. The van der Waals surface area contributed by atoms with E-state index >= 15 is 0 Å². The molecule has 3 aromatic rings. The van der Waals surface area contributed by atoms with E-state index in [0.717, 1.165) is 26.5 Å². The first-order valence-electron chi connectivity index (χ1n) is 6.38. The molecule has 108 valence electrons. The lowest BCUT2D eigenvalue weighted by atomic mass is 10.1. The second kappa shape index (κ2) is 6.13. The molecule has 1 aromatic carbocycles. The Morgan fingerprint density at radius 1 is 1.24 bits per heavy atom. The van der Waals surface area contributed by atoms with Crippen LogP contribution in [0.4, 0.5) is 0 Å². The molecular weight excluding hydrogens is 391 g/mol. The fourth-order valence-electron chi connectivity index (χ4n) is 2.18. The van der Waals surface area contributed by atoms with Crippen LogP contribution in [-0.4, -0.2) is 9.78 Å². The molecule has 0 bridgehead atoms. The van der Waals surface area contributed by atoms with Gasteiger partial charge in [0.2, 0.25) is 0 Å². The van der Waals surface area contributed by atoms with Crippen molar-refractivity contribution in [1.82, 2.24) is 9.78 Å². The summed E-state index contributed by atoms with van der Waals surface area (Å²) in [6.07, 6.45) is 2.81. The standard InChI is InChI=1S/C15H11BrCl2N2S/c1-2-9-8-19-20(12-4-3-10(17)7-11(12)18)15(9)13-5-6-14(16)21-13/h3-8H,2H2,1H3. The fourth-order valence-corrected chi connectivity index (χ4v) is 4.12. The van der Waals surface area contributed by atoms with Gasteiger partial charge in [0, 0.05) is 5.02 Å². The molecule has 2 nitrogen and oxygen atoms in total. The lowest BCUT2D eigenvalue weighted by Gasteiger charge is -2.10. The topological polar surface area (TPSA) is 17.8 Å². The van der Waals surface area contributed by atoms with Crippen LogP contribution in [0.2, 0.25) is 10.0 Å². The minimum atomic E-state index is 0.588. The number of hydrogen-bond acceptors (Lipinski definition) is 2. The number of benzene rings is 1. The van der Waals surface area contributed by atoms with Gasteiger partial charge < -0.3 is 0 Å². The SMILES string of the molecule is CCc1cnn(-c2ccc(Cl)cc2Cl)c1-c1ccc(Br)s1. The Hall–Kier alpha value is -0.810. The highest BCUT2D eigenvalue weighted by Crippen LogP contribution is 2.36. The molecule has 0 amide bonds. The van der Waals surface area contributed by atoms with Crippen LogP contribution in [0.25, 0.3) is 16.3 Å². The van der Waals surface area contributed by atoms with Crippen molar-refractivity contribution in [3.63, 3.8) is 0 Å². The van der Waals surface area contributed by atoms with Gasteiger partial charge in [-0.3, -0.25) is 0 Å².